The van der Waals surface area contributed by atoms with Crippen LogP contribution < -0.4 is 4.90 Å². The van der Waals surface area contributed by atoms with Crippen LogP contribution in [0.15, 0.2) is 47.6 Å². The van der Waals surface area contributed by atoms with Crippen LogP contribution in [-0.2, 0) is 21.4 Å². The summed E-state index contributed by atoms with van der Waals surface area (Å²) in [6.07, 6.45) is 2.92. The Hall–Kier alpha value is -3.97. The number of rotatable bonds is 7. The minimum atomic E-state index is -3.90. The maximum absolute atomic E-state index is 14.2. The van der Waals surface area contributed by atoms with E-state index in [0.717, 1.165) is 42.5 Å². The quantitative estimate of drug-likeness (QED) is 0.300. The Kier molecular flexibility index (Phi) is 7.87. The van der Waals surface area contributed by atoms with Gasteiger partial charge >= 0.3 is 5.97 Å². The van der Waals surface area contributed by atoms with E-state index in [0.29, 0.717) is 29.1 Å². The molecule has 1 fully saturated rings. The zero-order valence-corrected chi connectivity index (χ0v) is 25.6. The number of aromatic nitrogens is 4. The van der Waals surface area contributed by atoms with E-state index in [1.54, 1.807) is 25.3 Å². The van der Waals surface area contributed by atoms with E-state index < -0.39 is 34.2 Å². The number of sulfonamides is 1. The van der Waals surface area contributed by atoms with Gasteiger partial charge in [0.05, 0.1) is 6.42 Å². The van der Waals surface area contributed by atoms with Crippen molar-refractivity contribution in [1.29, 1.82) is 0 Å². The highest BCUT2D eigenvalue weighted by Crippen LogP contribution is 2.38. The maximum atomic E-state index is 14.2. The number of anilines is 1. The number of carboxylic acid groups (broad SMARTS) is 1. The fourth-order valence-electron chi connectivity index (χ4n) is 6.52. The van der Waals surface area contributed by atoms with E-state index in [4.69, 9.17) is 0 Å². The highest BCUT2D eigenvalue weighted by atomic mass is 32.2. The molecule has 232 valence electrons. The molecule has 0 radical (unpaired) electrons. The van der Waals surface area contributed by atoms with Crippen molar-refractivity contribution in [2.75, 3.05) is 18.0 Å². The number of aliphatic carboxylic acids is 1. The van der Waals surface area contributed by atoms with Crippen molar-refractivity contribution < 1.29 is 27.1 Å². The highest BCUT2D eigenvalue weighted by Gasteiger charge is 2.39. The molecule has 0 saturated carbocycles. The molecule has 1 aromatic carbocycles. The number of halogens is 2. The third-order valence-electron chi connectivity index (χ3n) is 8.87. The summed E-state index contributed by atoms with van der Waals surface area (Å²) in [5.41, 5.74) is 4.48. The predicted molar refractivity (Wildman–Crippen MR) is 160 cm³/mol. The molecule has 2 atom stereocenters. The lowest BCUT2D eigenvalue weighted by Crippen LogP contribution is -2.45. The zero-order chi connectivity index (χ0) is 31.3. The largest absolute Gasteiger partial charge is 0.481 e. The third-order valence-corrected chi connectivity index (χ3v) is 10.7. The summed E-state index contributed by atoms with van der Waals surface area (Å²) in [5.74, 6) is -1.64. The van der Waals surface area contributed by atoms with Crippen LogP contribution in [0.1, 0.15) is 77.2 Å². The van der Waals surface area contributed by atoms with Crippen molar-refractivity contribution in [3.05, 3.63) is 81.9 Å². The molecular formula is C31H34F2N6O4S. The topological polar surface area (TPSA) is 121 Å². The third kappa shape index (κ3) is 5.32. The van der Waals surface area contributed by atoms with Gasteiger partial charge in [0.1, 0.15) is 10.7 Å². The van der Waals surface area contributed by atoms with E-state index in [1.165, 1.54) is 14.9 Å². The number of nitrogens with zero attached hydrogens (tertiary/aromatic N) is 6. The Morgan fingerprint density at radius 1 is 1.11 bits per heavy atom. The summed E-state index contributed by atoms with van der Waals surface area (Å²) in [6, 6.07) is 8.90. The van der Waals surface area contributed by atoms with Crippen LogP contribution in [0.5, 0.6) is 0 Å². The summed E-state index contributed by atoms with van der Waals surface area (Å²) >= 11 is 0. The first-order valence-corrected chi connectivity index (χ1v) is 16.1. The Balaban J connectivity index is 1.40. The van der Waals surface area contributed by atoms with Gasteiger partial charge in [0, 0.05) is 44.0 Å². The van der Waals surface area contributed by atoms with Crippen LogP contribution in [0.25, 0.3) is 5.65 Å². The van der Waals surface area contributed by atoms with Crippen molar-refractivity contribution >= 4 is 27.5 Å². The molecule has 1 saturated heterocycles. The van der Waals surface area contributed by atoms with E-state index in [2.05, 4.69) is 20.1 Å². The zero-order valence-electron chi connectivity index (χ0n) is 24.7. The molecule has 0 spiro atoms. The molecule has 5 heterocycles. The molecule has 3 aromatic heterocycles. The molecule has 2 aliphatic heterocycles. The van der Waals surface area contributed by atoms with Crippen LogP contribution in [0.2, 0.25) is 0 Å². The standard InChI is InChI=1S/C31H34F2N6O4S/c1-18-12-26-30(34-15-18)38-10-5-4-6-23(38)17-37(44(26,42)43)16-22-13-21(8-7-19(22)2)25(14-27(40)41)24-9-11-39-29(20(24)3)35-36-31(39)28(32)33/h7-9,11-13,15,23,25,28H,4-6,10,14,16-17H2,1-3H3,(H,40,41)/t23-,25?/m1/s1. The first-order chi connectivity index (χ1) is 21.0. The average Bonchev–Trinajstić information content (AvgIpc) is 3.40. The molecule has 0 aliphatic carbocycles. The maximum Gasteiger partial charge on any atom is 0.304 e. The van der Waals surface area contributed by atoms with Gasteiger partial charge in [-0.15, -0.1) is 10.2 Å². The minimum absolute atomic E-state index is 0.00566. The van der Waals surface area contributed by atoms with E-state index in [-0.39, 0.29) is 29.6 Å². The van der Waals surface area contributed by atoms with Crippen LogP contribution >= 0.6 is 0 Å². The summed E-state index contributed by atoms with van der Waals surface area (Å²) < 4.78 is 58.0. The number of alkyl halides is 2. The number of hydrogen-bond donors (Lipinski definition) is 1. The number of piperidine rings is 1. The van der Waals surface area contributed by atoms with Crippen molar-refractivity contribution in [3.63, 3.8) is 0 Å². The monoisotopic (exact) mass is 624 g/mol. The number of hydrogen-bond acceptors (Lipinski definition) is 7. The van der Waals surface area contributed by atoms with Crippen molar-refractivity contribution in [2.45, 2.75) is 76.3 Å². The lowest BCUT2D eigenvalue weighted by Gasteiger charge is -2.36. The molecule has 2 aliphatic rings. The van der Waals surface area contributed by atoms with E-state index in [1.807, 2.05) is 32.0 Å². The lowest BCUT2D eigenvalue weighted by atomic mass is 9.85. The van der Waals surface area contributed by atoms with E-state index in [9.17, 15) is 27.1 Å². The van der Waals surface area contributed by atoms with Crippen molar-refractivity contribution in [3.8, 4) is 0 Å². The molecule has 0 amide bonds. The second-order valence-electron chi connectivity index (χ2n) is 11.8. The Bertz CT molecular complexity index is 1860. The SMILES string of the molecule is Cc1cnc2c(c1)S(=O)(=O)N(Cc1cc(C(CC(=O)O)c3ccn4c(C(F)F)nnc4c3C)ccc1C)C[C@H]1CCCCN21. The van der Waals surface area contributed by atoms with Gasteiger partial charge in [-0.2, -0.15) is 4.31 Å². The minimum Gasteiger partial charge on any atom is -0.481 e. The molecule has 13 heteroatoms. The lowest BCUT2D eigenvalue weighted by molar-refractivity contribution is -0.137. The predicted octanol–water partition coefficient (Wildman–Crippen LogP) is 5.16. The van der Waals surface area contributed by atoms with Crippen LogP contribution in [-0.4, -0.2) is 62.5 Å². The fourth-order valence-corrected chi connectivity index (χ4v) is 8.21. The second-order valence-corrected chi connectivity index (χ2v) is 13.7. The number of carbonyl (C=O) groups is 1. The molecule has 10 nitrogen and oxygen atoms in total. The van der Waals surface area contributed by atoms with Crippen molar-refractivity contribution in [1.82, 2.24) is 23.9 Å². The van der Waals surface area contributed by atoms with Crippen LogP contribution in [0.4, 0.5) is 14.6 Å². The Labute approximate surface area is 254 Å². The van der Waals surface area contributed by atoms with Gasteiger partial charge in [-0.3, -0.25) is 9.20 Å². The first kappa shape index (κ1) is 30.1. The summed E-state index contributed by atoms with van der Waals surface area (Å²) in [6.45, 7) is 6.62. The Morgan fingerprint density at radius 3 is 2.66 bits per heavy atom. The molecule has 1 N–H and O–H groups in total. The molecule has 44 heavy (non-hydrogen) atoms. The number of benzene rings is 1. The number of pyridine rings is 2. The number of carboxylic acids is 1. The average molecular weight is 625 g/mol. The molecule has 6 rings (SSSR count). The van der Waals surface area contributed by atoms with Crippen molar-refractivity contribution in [2.24, 2.45) is 0 Å². The highest BCUT2D eigenvalue weighted by molar-refractivity contribution is 7.89. The fraction of sp³-hybridized carbons (Fsp3) is 0.419. The van der Waals surface area contributed by atoms with Crippen LogP contribution in [0.3, 0.4) is 0 Å². The number of aryl methyl sites for hydroxylation is 3. The first-order valence-electron chi connectivity index (χ1n) is 14.6. The van der Waals surface area contributed by atoms with E-state index >= 15 is 0 Å². The van der Waals surface area contributed by atoms with Gasteiger partial charge in [0.2, 0.25) is 15.8 Å². The van der Waals surface area contributed by atoms with Crippen LogP contribution in [0, 0.1) is 20.8 Å². The molecule has 0 bridgehead atoms. The summed E-state index contributed by atoms with van der Waals surface area (Å²) in [7, 11) is -3.90. The van der Waals surface area contributed by atoms with Gasteiger partial charge in [0.15, 0.2) is 5.65 Å². The van der Waals surface area contributed by atoms with Gasteiger partial charge < -0.3 is 10.0 Å². The molecular weight excluding hydrogens is 590 g/mol. The normalized spacial score (nSPS) is 19.0. The van der Waals surface area contributed by atoms with Gasteiger partial charge in [-0.1, -0.05) is 18.2 Å². The Morgan fingerprint density at radius 2 is 1.91 bits per heavy atom. The smallest absolute Gasteiger partial charge is 0.304 e. The van der Waals surface area contributed by atoms with Gasteiger partial charge in [0.25, 0.3) is 6.43 Å². The van der Waals surface area contributed by atoms with Gasteiger partial charge in [-0.25, -0.2) is 22.2 Å². The second kappa shape index (κ2) is 11.5. The molecule has 1 unspecified atom stereocenters. The number of fused-ring (bicyclic) bond motifs is 4. The summed E-state index contributed by atoms with van der Waals surface area (Å²) in [5, 5.41) is 17.4. The van der Waals surface area contributed by atoms with Gasteiger partial charge in [-0.05, 0) is 85.5 Å². The molecule has 4 aromatic rings. The summed E-state index contributed by atoms with van der Waals surface area (Å²) in [4.78, 5) is 19.0.